The van der Waals surface area contributed by atoms with Gasteiger partial charge in [-0.25, -0.2) is 13.8 Å². The number of benzene rings is 1. The summed E-state index contributed by atoms with van der Waals surface area (Å²) in [4.78, 5) is 14.8. The van der Waals surface area contributed by atoms with E-state index in [1.165, 1.54) is 11.3 Å². The summed E-state index contributed by atoms with van der Waals surface area (Å²) in [7, 11) is 0. The Morgan fingerprint density at radius 1 is 1.40 bits per heavy atom. The standard InChI is InChI=1S/C11H8F2N2O2S.C2H6/c12-6-1-2-7(10(13)9(6)11(14)16)17-5-8-15-3-4-18-8;1-2/h1-4H,5H2,(H2,14,16);1-2H3. The van der Waals surface area contributed by atoms with Gasteiger partial charge in [0.15, 0.2) is 11.6 Å². The lowest BCUT2D eigenvalue weighted by molar-refractivity contribution is 0.0991. The van der Waals surface area contributed by atoms with E-state index in [-0.39, 0.29) is 12.4 Å². The van der Waals surface area contributed by atoms with Gasteiger partial charge in [-0.05, 0) is 12.1 Å². The maximum Gasteiger partial charge on any atom is 0.254 e. The maximum atomic E-state index is 13.7. The van der Waals surface area contributed by atoms with Gasteiger partial charge in [-0.1, -0.05) is 13.8 Å². The molecule has 0 radical (unpaired) electrons. The minimum Gasteiger partial charge on any atom is -0.483 e. The van der Waals surface area contributed by atoms with Crippen molar-refractivity contribution >= 4 is 17.2 Å². The molecule has 1 heterocycles. The molecule has 2 rings (SSSR count). The number of nitrogens with zero attached hydrogens (tertiary/aromatic N) is 1. The highest BCUT2D eigenvalue weighted by molar-refractivity contribution is 7.09. The minimum atomic E-state index is -1.18. The summed E-state index contributed by atoms with van der Waals surface area (Å²) >= 11 is 1.34. The molecule has 0 spiro atoms. The number of primary amides is 1. The van der Waals surface area contributed by atoms with Gasteiger partial charge >= 0.3 is 0 Å². The maximum absolute atomic E-state index is 13.7. The van der Waals surface area contributed by atoms with Crippen molar-refractivity contribution in [1.29, 1.82) is 0 Å². The molecule has 0 atom stereocenters. The van der Waals surface area contributed by atoms with Gasteiger partial charge < -0.3 is 10.5 Å². The molecule has 0 saturated carbocycles. The van der Waals surface area contributed by atoms with E-state index >= 15 is 0 Å². The number of ether oxygens (including phenoxy) is 1. The van der Waals surface area contributed by atoms with Crippen LogP contribution in [0, 0.1) is 11.6 Å². The van der Waals surface area contributed by atoms with Crippen LogP contribution in [0.2, 0.25) is 0 Å². The smallest absolute Gasteiger partial charge is 0.254 e. The van der Waals surface area contributed by atoms with Gasteiger partial charge in [0.1, 0.15) is 23.0 Å². The van der Waals surface area contributed by atoms with Crippen LogP contribution in [0.5, 0.6) is 5.75 Å². The molecule has 2 aromatic rings. The highest BCUT2D eigenvalue weighted by Crippen LogP contribution is 2.24. The number of carbonyl (C=O) groups excluding carboxylic acids is 1. The molecule has 0 aliphatic rings. The van der Waals surface area contributed by atoms with Crippen molar-refractivity contribution in [2.24, 2.45) is 5.73 Å². The highest BCUT2D eigenvalue weighted by atomic mass is 32.1. The summed E-state index contributed by atoms with van der Waals surface area (Å²) in [6.07, 6.45) is 1.58. The Balaban J connectivity index is 0.000000956. The number of hydrogen-bond acceptors (Lipinski definition) is 4. The van der Waals surface area contributed by atoms with Crippen molar-refractivity contribution in [3.63, 3.8) is 0 Å². The van der Waals surface area contributed by atoms with Crippen LogP contribution in [0.1, 0.15) is 29.2 Å². The largest absolute Gasteiger partial charge is 0.483 e. The van der Waals surface area contributed by atoms with Gasteiger partial charge in [-0.3, -0.25) is 4.79 Å². The van der Waals surface area contributed by atoms with Gasteiger partial charge in [0.2, 0.25) is 0 Å². The Kier molecular flexibility index (Phi) is 6.05. The van der Waals surface area contributed by atoms with Crippen LogP contribution in [0.3, 0.4) is 0 Å². The molecular weight excluding hydrogens is 286 g/mol. The fourth-order valence-electron chi connectivity index (χ4n) is 1.33. The summed E-state index contributed by atoms with van der Waals surface area (Å²) < 4.78 is 32.0. The summed E-state index contributed by atoms with van der Waals surface area (Å²) in [5.74, 6) is -3.52. The van der Waals surface area contributed by atoms with Gasteiger partial charge in [0, 0.05) is 11.6 Å². The normalized spacial score (nSPS) is 9.60. The van der Waals surface area contributed by atoms with E-state index in [1.54, 1.807) is 11.6 Å². The van der Waals surface area contributed by atoms with E-state index in [9.17, 15) is 13.6 Å². The number of halogens is 2. The minimum absolute atomic E-state index is 0.0401. The summed E-state index contributed by atoms with van der Waals surface area (Å²) in [5, 5.41) is 2.38. The second-order valence-electron chi connectivity index (χ2n) is 3.31. The van der Waals surface area contributed by atoms with Gasteiger partial charge in [0.05, 0.1) is 0 Å². The molecule has 2 N–H and O–H groups in total. The van der Waals surface area contributed by atoms with E-state index < -0.39 is 23.1 Å². The van der Waals surface area contributed by atoms with Gasteiger partial charge in [0.25, 0.3) is 5.91 Å². The van der Waals surface area contributed by atoms with Crippen LogP contribution in [-0.4, -0.2) is 10.9 Å². The number of thiazole rings is 1. The average Bonchev–Trinajstić information content (AvgIpc) is 2.93. The molecule has 7 heteroatoms. The SMILES string of the molecule is CC.NC(=O)c1c(F)ccc(OCc2nccs2)c1F. The first-order valence-electron chi connectivity index (χ1n) is 5.88. The van der Waals surface area contributed by atoms with Crippen LogP contribution < -0.4 is 10.5 Å². The number of aromatic nitrogens is 1. The summed E-state index contributed by atoms with van der Waals surface area (Å²) in [5.41, 5.74) is 4.09. The first-order valence-corrected chi connectivity index (χ1v) is 6.76. The molecule has 0 aliphatic carbocycles. The lowest BCUT2D eigenvalue weighted by Crippen LogP contribution is -2.16. The lowest BCUT2D eigenvalue weighted by Gasteiger charge is -2.08. The molecule has 20 heavy (non-hydrogen) atoms. The topological polar surface area (TPSA) is 65.2 Å². The zero-order valence-electron chi connectivity index (χ0n) is 11.0. The number of nitrogens with two attached hydrogens (primary N) is 1. The van der Waals surface area contributed by atoms with Crippen LogP contribution in [0.15, 0.2) is 23.7 Å². The van der Waals surface area contributed by atoms with Crippen LogP contribution in [0.4, 0.5) is 8.78 Å². The fourth-order valence-corrected chi connectivity index (χ4v) is 1.86. The third-order valence-corrected chi connectivity index (χ3v) is 2.89. The molecule has 0 bridgehead atoms. The second kappa shape index (κ2) is 7.54. The molecule has 108 valence electrons. The van der Waals surface area contributed by atoms with Gasteiger partial charge in [-0.15, -0.1) is 11.3 Å². The first-order chi connectivity index (χ1) is 9.59. The van der Waals surface area contributed by atoms with Crippen LogP contribution in [0.25, 0.3) is 0 Å². The average molecular weight is 300 g/mol. The molecule has 1 aromatic carbocycles. The van der Waals surface area contributed by atoms with E-state index in [2.05, 4.69) is 4.98 Å². The van der Waals surface area contributed by atoms with Crippen LogP contribution in [-0.2, 0) is 6.61 Å². The summed E-state index contributed by atoms with van der Waals surface area (Å²) in [6, 6.07) is 2.03. The number of carbonyl (C=O) groups is 1. The Bertz CT molecular complexity index is 574. The highest BCUT2D eigenvalue weighted by Gasteiger charge is 2.19. The Hall–Kier alpha value is -2.02. The monoisotopic (exact) mass is 300 g/mol. The van der Waals surface area contributed by atoms with Crippen molar-refractivity contribution < 1.29 is 18.3 Å². The molecule has 0 aliphatic heterocycles. The fraction of sp³-hybridized carbons (Fsp3) is 0.231. The van der Waals surface area contributed by atoms with Crippen molar-refractivity contribution in [1.82, 2.24) is 4.98 Å². The third-order valence-electron chi connectivity index (χ3n) is 2.14. The predicted molar refractivity (Wildman–Crippen MR) is 72.7 cm³/mol. The Labute approximate surface area is 119 Å². The van der Waals surface area contributed by atoms with Crippen molar-refractivity contribution in [3.05, 3.63) is 45.9 Å². The quantitative estimate of drug-likeness (QED) is 0.943. The molecule has 4 nitrogen and oxygen atoms in total. The number of amides is 1. The molecule has 0 unspecified atom stereocenters. The molecule has 0 saturated heterocycles. The van der Waals surface area contributed by atoms with E-state index in [1.807, 2.05) is 13.8 Å². The molecular formula is C13H14F2N2O2S. The molecule has 1 amide bonds. The Morgan fingerprint density at radius 3 is 2.65 bits per heavy atom. The molecule has 0 fully saturated rings. The van der Waals surface area contributed by atoms with Crippen molar-refractivity contribution in [2.45, 2.75) is 20.5 Å². The Morgan fingerprint density at radius 2 is 2.10 bits per heavy atom. The predicted octanol–water partition coefficient (Wildman–Crippen LogP) is 3.13. The van der Waals surface area contributed by atoms with Crippen molar-refractivity contribution in [3.8, 4) is 5.75 Å². The number of hydrogen-bond donors (Lipinski definition) is 1. The van der Waals surface area contributed by atoms with E-state index in [0.29, 0.717) is 5.01 Å². The van der Waals surface area contributed by atoms with Crippen molar-refractivity contribution in [2.75, 3.05) is 0 Å². The summed E-state index contributed by atoms with van der Waals surface area (Å²) in [6.45, 7) is 4.04. The lowest BCUT2D eigenvalue weighted by atomic mass is 10.2. The van der Waals surface area contributed by atoms with E-state index in [0.717, 1.165) is 12.1 Å². The number of rotatable bonds is 4. The second-order valence-corrected chi connectivity index (χ2v) is 4.29. The van der Waals surface area contributed by atoms with Crippen LogP contribution >= 0.6 is 11.3 Å². The first kappa shape index (κ1) is 16.0. The van der Waals surface area contributed by atoms with Gasteiger partial charge in [-0.2, -0.15) is 0 Å². The third kappa shape index (κ3) is 3.74. The van der Waals surface area contributed by atoms with E-state index in [4.69, 9.17) is 10.5 Å². The molecule has 1 aromatic heterocycles. The zero-order valence-corrected chi connectivity index (χ0v) is 11.8. The zero-order chi connectivity index (χ0) is 15.1.